The molecule has 0 aliphatic rings. The van der Waals surface area contributed by atoms with E-state index in [9.17, 15) is 4.79 Å². The number of carbonyl (C=O) groups excluding carboxylic acids is 1. The van der Waals surface area contributed by atoms with Crippen LogP contribution in [0.2, 0.25) is 0 Å². The van der Waals surface area contributed by atoms with E-state index in [2.05, 4.69) is 10.3 Å². The van der Waals surface area contributed by atoms with Crippen LogP contribution in [0.5, 0.6) is 0 Å². The Hall–Kier alpha value is -2.46. The summed E-state index contributed by atoms with van der Waals surface area (Å²) < 4.78 is 0. The third kappa shape index (κ3) is 2.71. The van der Waals surface area contributed by atoms with Gasteiger partial charge in [0.2, 0.25) is 0 Å². The van der Waals surface area contributed by atoms with Gasteiger partial charge < -0.3 is 5.32 Å². The molecule has 1 amide bonds. The highest BCUT2D eigenvalue weighted by Gasteiger charge is 2.19. The van der Waals surface area contributed by atoms with Crippen molar-refractivity contribution in [3.63, 3.8) is 0 Å². The van der Waals surface area contributed by atoms with Gasteiger partial charge in [-0.2, -0.15) is 0 Å². The van der Waals surface area contributed by atoms with Crippen molar-refractivity contribution in [2.24, 2.45) is 0 Å². The van der Waals surface area contributed by atoms with Gasteiger partial charge in [0, 0.05) is 18.2 Å². The zero-order valence-electron chi connectivity index (χ0n) is 11.5. The zero-order chi connectivity index (χ0) is 14.7. The molecule has 0 aliphatic heterocycles. The van der Waals surface area contributed by atoms with Crippen LogP contribution in [0.15, 0.2) is 60.7 Å². The third-order valence-electron chi connectivity index (χ3n) is 3.13. The minimum absolute atomic E-state index is 0.103. The number of nitrogens with zero attached hydrogens (tertiary/aromatic N) is 1. The molecule has 1 N–H and O–H groups in total. The lowest BCUT2D eigenvalue weighted by molar-refractivity contribution is 0.0967. The summed E-state index contributed by atoms with van der Waals surface area (Å²) in [6.45, 7) is 0. The molecule has 1 aromatic heterocycles. The highest BCUT2D eigenvalue weighted by atomic mass is 32.1. The SMILES string of the molecule is CNC(=O)c1sc(-c2ccccc2)nc1-c1ccccc1. The minimum Gasteiger partial charge on any atom is -0.354 e. The average Bonchev–Trinajstić information content (AvgIpc) is 3.01. The Bertz CT molecular complexity index is 751. The van der Waals surface area contributed by atoms with Crippen molar-refractivity contribution in [1.82, 2.24) is 10.3 Å². The van der Waals surface area contributed by atoms with Crippen LogP contribution in [-0.4, -0.2) is 17.9 Å². The molecule has 0 spiro atoms. The molecule has 0 unspecified atom stereocenters. The molecule has 0 radical (unpaired) electrons. The molecule has 3 rings (SSSR count). The molecule has 0 saturated carbocycles. The Labute approximate surface area is 127 Å². The molecule has 0 atom stereocenters. The van der Waals surface area contributed by atoms with E-state index in [1.807, 2.05) is 60.7 Å². The predicted molar refractivity (Wildman–Crippen MR) is 86.4 cm³/mol. The molecule has 0 aliphatic carbocycles. The summed E-state index contributed by atoms with van der Waals surface area (Å²) in [6.07, 6.45) is 0. The zero-order valence-corrected chi connectivity index (χ0v) is 12.4. The van der Waals surface area contributed by atoms with Gasteiger partial charge >= 0.3 is 0 Å². The van der Waals surface area contributed by atoms with Crippen LogP contribution in [-0.2, 0) is 0 Å². The van der Waals surface area contributed by atoms with Crippen molar-refractivity contribution >= 4 is 17.2 Å². The van der Waals surface area contributed by atoms with E-state index >= 15 is 0 Å². The van der Waals surface area contributed by atoms with E-state index in [0.29, 0.717) is 4.88 Å². The molecule has 3 nitrogen and oxygen atoms in total. The topological polar surface area (TPSA) is 42.0 Å². The number of aromatic nitrogens is 1. The number of rotatable bonds is 3. The summed E-state index contributed by atoms with van der Waals surface area (Å²) in [5.74, 6) is -0.103. The first-order chi connectivity index (χ1) is 10.3. The highest BCUT2D eigenvalue weighted by molar-refractivity contribution is 7.17. The van der Waals surface area contributed by atoms with Crippen molar-refractivity contribution < 1.29 is 4.79 Å². The fraction of sp³-hybridized carbons (Fsp3) is 0.0588. The van der Waals surface area contributed by atoms with E-state index < -0.39 is 0 Å². The van der Waals surface area contributed by atoms with Gasteiger partial charge in [-0.25, -0.2) is 4.98 Å². The maximum atomic E-state index is 12.1. The smallest absolute Gasteiger partial charge is 0.263 e. The first kappa shape index (κ1) is 13.5. The first-order valence-corrected chi connectivity index (χ1v) is 7.45. The molecule has 4 heteroatoms. The molecular weight excluding hydrogens is 280 g/mol. The second-order valence-corrected chi connectivity index (χ2v) is 5.51. The maximum absolute atomic E-state index is 12.1. The Morgan fingerprint density at radius 3 is 2.10 bits per heavy atom. The number of carbonyl (C=O) groups is 1. The molecule has 1 heterocycles. The summed E-state index contributed by atoms with van der Waals surface area (Å²) in [5, 5.41) is 3.54. The van der Waals surface area contributed by atoms with Crippen molar-refractivity contribution in [2.75, 3.05) is 7.05 Å². The van der Waals surface area contributed by atoms with Crippen LogP contribution in [0.25, 0.3) is 21.8 Å². The summed E-state index contributed by atoms with van der Waals surface area (Å²) in [5.41, 5.74) is 2.71. The molecule has 104 valence electrons. The molecule has 0 fully saturated rings. The number of hydrogen-bond donors (Lipinski definition) is 1. The average molecular weight is 294 g/mol. The molecule has 21 heavy (non-hydrogen) atoms. The second kappa shape index (κ2) is 5.89. The van der Waals surface area contributed by atoms with Crippen molar-refractivity contribution in [3.05, 3.63) is 65.5 Å². The lowest BCUT2D eigenvalue weighted by Gasteiger charge is -2.00. The molecule has 3 aromatic rings. The van der Waals surface area contributed by atoms with Gasteiger partial charge in [-0.3, -0.25) is 4.79 Å². The van der Waals surface area contributed by atoms with Crippen LogP contribution >= 0.6 is 11.3 Å². The Balaban J connectivity index is 2.14. The van der Waals surface area contributed by atoms with Crippen LogP contribution < -0.4 is 5.32 Å². The van der Waals surface area contributed by atoms with Gasteiger partial charge in [-0.05, 0) is 0 Å². The van der Waals surface area contributed by atoms with E-state index in [4.69, 9.17) is 0 Å². The quantitative estimate of drug-likeness (QED) is 0.797. The van der Waals surface area contributed by atoms with Gasteiger partial charge in [0.15, 0.2) is 0 Å². The standard InChI is InChI=1S/C17H14N2OS/c1-18-16(20)15-14(12-8-4-2-5-9-12)19-17(21-15)13-10-6-3-7-11-13/h2-11H,1H3,(H,18,20). The molecule has 2 aromatic carbocycles. The lowest BCUT2D eigenvalue weighted by Crippen LogP contribution is -2.17. The van der Waals surface area contributed by atoms with Gasteiger partial charge in [-0.1, -0.05) is 60.7 Å². The van der Waals surface area contributed by atoms with E-state index in [-0.39, 0.29) is 5.91 Å². The lowest BCUT2D eigenvalue weighted by atomic mass is 10.1. The van der Waals surface area contributed by atoms with Crippen LogP contribution in [0.4, 0.5) is 0 Å². The fourth-order valence-corrected chi connectivity index (χ4v) is 3.12. The molecule has 0 bridgehead atoms. The van der Waals surface area contributed by atoms with Crippen LogP contribution in [0.3, 0.4) is 0 Å². The summed E-state index contributed by atoms with van der Waals surface area (Å²) in [7, 11) is 1.64. The normalized spacial score (nSPS) is 10.3. The van der Waals surface area contributed by atoms with Crippen molar-refractivity contribution in [3.8, 4) is 21.8 Å². The van der Waals surface area contributed by atoms with E-state index in [1.54, 1.807) is 7.05 Å². The van der Waals surface area contributed by atoms with Crippen LogP contribution in [0, 0.1) is 0 Å². The largest absolute Gasteiger partial charge is 0.354 e. The van der Waals surface area contributed by atoms with Crippen molar-refractivity contribution in [2.45, 2.75) is 0 Å². The maximum Gasteiger partial charge on any atom is 0.263 e. The number of thiazole rings is 1. The highest BCUT2D eigenvalue weighted by Crippen LogP contribution is 2.33. The number of amides is 1. The third-order valence-corrected chi connectivity index (χ3v) is 4.23. The number of nitrogens with one attached hydrogen (secondary N) is 1. The first-order valence-electron chi connectivity index (χ1n) is 6.63. The van der Waals surface area contributed by atoms with Crippen LogP contribution in [0.1, 0.15) is 9.67 Å². The van der Waals surface area contributed by atoms with E-state index in [0.717, 1.165) is 21.8 Å². The van der Waals surface area contributed by atoms with Gasteiger partial charge in [0.1, 0.15) is 9.88 Å². The Morgan fingerprint density at radius 2 is 1.52 bits per heavy atom. The van der Waals surface area contributed by atoms with Gasteiger partial charge in [-0.15, -0.1) is 11.3 Å². The van der Waals surface area contributed by atoms with E-state index in [1.165, 1.54) is 11.3 Å². The molecule has 0 saturated heterocycles. The number of hydrogen-bond acceptors (Lipinski definition) is 3. The van der Waals surface area contributed by atoms with Gasteiger partial charge in [0.05, 0.1) is 5.69 Å². The summed E-state index contributed by atoms with van der Waals surface area (Å²) in [6, 6.07) is 19.7. The van der Waals surface area contributed by atoms with Crippen molar-refractivity contribution in [1.29, 1.82) is 0 Å². The summed E-state index contributed by atoms with van der Waals surface area (Å²) >= 11 is 1.42. The fourth-order valence-electron chi connectivity index (χ4n) is 2.08. The van der Waals surface area contributed by atoms with Gasteiger partial charge in [0.25, 0.3) is 5.91 Å². The minimum atomic E-state index is -0.103. The number of benzene rings is 2. The summed E-state index contributed by atoms with van der Waals surface area (Å²) in [4.78, 5) is 17.4. The molecular formula is C17H14N2OS. The second-order valence-electron chi connectivity index (χ2n) is 4.51. The predicted octanol–water partition coefficient (Wildman–Crippen LogP) is 3.84. The Kier molecular flexibility index (Phi) is 3.79. The monoisotopic (exact) mass is 294 g/mol. The Morgan fingerprint density at radius 1 is 0.952 bits per heavy atom.